The first-order chi connectivity index (χ1) is 12.6. The van der Waals surface area contributed by atoms with E-state index in [4.69, 9.17) is 21.1 Å². The number of rotatable bonds is 9. The highest BCUT2D eigenvalue weighted by Crippen LogP contribution is 2.14. The number of esters is 1. The minimum Gasteiger partial charge on any atom is -0.494 e. The van der Waals surface area contributed by atoms with Gasteiger partial charge in [-0.25, -0.2) is 0 Å². The molecule has 0 spiro atoms. The normalized spacial score (nSPS) is 11.5. The molecule has 1 atom stereocenters. The molecule has 2 aromatic rings. The smallest absolute Gasteiger partial charge is 0.306 e. The van der Waals surface area contributed by atoms with Crippen molar-refractivity contribution in [2.75, 3.05) is 6.61 Å². The number of halogens is 1. The number of benzene rings is 2. The molecule has 1 N–H and O–H groups in total. The lowest BCUT2D eigenvalue weighted by atomic mass is 10.2. The zero-order valence-electron chi connectivity index (χ0n) is 14.6. The highest BCUT2D eigenvalue weighted by Gasteiger charge is 2.17. The average molecular weight is 376 g/mol. The van der Waals surface area contributed by atoms with E-state index in [2.05, 4.69) is 5.32 Å². The molecule has 0 aliphatic carbocycles. The highest BCUT2D eigenvalue weighted by atomic mass is 35.5. The van der Waals surface area contributed by atoms with Gasteiger partial charge in [0.15, 0.2) is 6.10 Å². The van der Waals surface area contributed by atoms with Crippen LogP contribution >= 0.6 is 11.6 Å². The Hall–Kier alpha value is -2.53. The molecule has 5 nitrogen and oxygen atoms in total. The second-order valence-electron chi connectivity index (χ2n) is 5.71. The van der Waals surface area contributed by atoms with Gasteiger partial charge in [-0.1, -0.05) is 48.0 Å². The van der Waals surface area contributed by atoms with Gasteiger partial charge in [0.2, 0.25) is 0 Å². The number of para-hydroxylation sites is 1. The van der Waals surface area contributed by atoms with Crippen LogP contribution in [0.2, 0.25) is 5.02 Å². The van der Waals surface area contributed by atoms with Crippen LogP contribution in [0.5, 0.6) is 5.75 Å². The minimum absolute atomic E-state index is 0.189. The fourth-order valence-electron chi connectivity index (χ4n) is 2.20. The van der Waals surface area contributed by atoms with Gasteiger partial charge in [0, 0.05) is 18.0 Å². The Morgan fingerprint density at radius 1 is 1.08 bits per heavy atom. The Kier molecular flexibility index (Phi) is 7.96. The number of nitrogens with one attached hydrogen (secondary N) is 1. The molecule has 2 rings (SSSR count). The zero-order chi connectivity index (χ0) is 18.8. The van der Waals surface area contributed by atoms with Gasteiger partial charge in [-0.15, -0.1) is 0 Å². The monoisotopic (exact) mass is 375 g/mol. The summed E-state index contributed by atoms with van der Waals surface area (Å²) in [6.07, 6.45) is -0.156. The predicted molar refractivity (Wildman–Crippen MR) is 100 cm³/mol. The number of carbonyl (C=O) groups is 2. The Labute approximate surface area is 158 Å². The molecule has 138 valence electrons. The van der Waals surface area contributed by atoms with Crippen LogP contribution in [-0.4, -0.2) is 24.6 Å². The molecule has 6 heteroatoms. The van der Waals surface area contributed by atoms with E-state index in [1.165, 1.54) is 0 Å². The van der Waals surface area contributed by atoms with E-state index < -0.39 is 12.1 Å². The second kappa shape index (κ2) is 10.5. The zero-order valence-corrected chi connectivity index (χ0v) is 15.4. The summed E-state index contributed by atoms with van der Waals surface area (Å²) >= 11 is 6.04. The molecule has 1 amide bonds. The second-order valence-corrected chi connectivity index (χ2v) is 6.11. The highest BCUT2D eigenvalue weighted by molar-refractivity contribution is 6.31. The standard InChI is InChI=1S/C20H22ClNO4/c1-15(20(24)22-14-16-8-5-6-11-18(16)21)26-19(23)12-7-13-25-17-9-3-2-4-10-17/h2-6,8-11,15H,7,12-14H2,1H3,(H,22,24)/t15-/m0/s1. The van der Waals surface area contributed by atoms with Crippen LogP contribution in [0.4, 0.5) is 0 Å². The SMILES string of the molecule is C[C@H](OC(=O)CCCOc1ccccc1)C(=O)NCc1ccccc1Cl. The Balaban J connectivity index is 1.64. The maximum absolute atomic E-state index is 12.0. The maximum atomic E-state index is 12.0. The van der Waals surface area contributed by atoms with E-state index in [-0.39, 0.29) is 18.9 Å². The number of hydrogen-bond donors (Lipinski definition) is 1. The van der Waals surface area contributed by atoms with E-state index in [1.54, 1.807) is 13.0 Å². The van der Waals surface area contributed by atoms with Gasteiger partial charge in [0.05, 0.1) is 6.61 Å². The molecule has 0 radical (unpaired) electrons. The molecule has 0 aliphatic heterocycles. The first kappa shape index (κ1) is 19.8. The summed E-state index contributed by atoms with van der Waals surface area (Å²) in [6, 6.07) is 16.6. The summed E-state index contributed by atoms with van der Waals surface area (Å²) in [5.41, 5.74) is 0.805. The summed E-state index contributed by atoms with van der Waals surface area (Å²) in [6.45, 7) is 2.23. The van der Waals surface area contributed by atoms with Crippen LogP contribution < -0.4 is 10.1 Å². The van der Waals surface area contributed by atoms with Gasteiger partial charge < -0.3 is 14.8 Å². The number of amides is 1. The summed E-state index contributed by atoms with van der Waals surface area (Å²) in [5.74, 6) is -0.0333. The third-order valence-electron chi connectivity index (χ3n) is 3.63. The van der Waals surface area contributed by atoms with E-state index in [0.29, 0.717) is 18.1 Å². The molecule has 2 aromatic carbocycles. The summed E-state index contributed by atoms with van der Waals surface area (Å²) in [7, 11) is 0. The van der Waals surface area contributed by atoms with E-state index in [0.717, 1.165) is 11.3 Å². The van der Waals surface area contributed by atoms with Crippen molar-refractivity contribution in [3.05, 3.63) is 65.2 Å². The van der Waals surface area contributed by atoms with Gasteiger partial charge in [-0.2, -0.15) is 0 Å². The first-order valence-electron chi connectivity index (χ1n) is 8.44. The van der Waals surface area contributed by atoms with E-state index >= 15 is 0 Å². The molecular weight excluding hydrogens is 354 g/mol. The van der Waals surface area contributed by atoms with Gasteiger partial charge in [-0.3, -0.25) is 9.59 Å². The van der Waals surface area contributed by atoms with Crippen molar-refractivity contribution < 1.29 is 19.1 Å². The fraction of sp³-hybridized carbons (Fsp3) is 0.300. The van der Waals surface area contributed by atoms with Crippen LogP contribution in [0, 0.1) is 0 Å². The number of hydrogen-bond acceptors (Lipinski definition) is 4. The average Bonchev–Trinajstić information content (AvgIpc) is 2.65. The van der Waals surface area contributed by atoms with Crippen LogP contribution in [0.1, 0.15) is 25.3 Å². The largest absolute Gasteiger partial charge is 0.494 e. The molecular formula is C20H22ClNO4. The summed E-state index contributed by atoms with van der Waals surface area (Å²) in [4.78, 5) is 23.8. The lowest BCUT2D eigenvalue weighted by Crippen LogP contribution is -2.35. The molecule has 0 heterocycles. The van der Waals surface area contributed by atoms with E-state index in [9.17, 15) is 9.59 Å². The Morgan fingerprint density at radius 2 is 1.77 bits per heavy atom. The molecule has 0 bridgehead atoms. The van der Waals surface area contributed by atoms with Crippen molar-refractivity contribution >= 4 is 23.5 Å². The predicted octanol–water partition coefficient (Wildman–Crippen LogP) is 3.75. The van der Waals surface area contributed by atoms with Crippen LogP contribution in [0.25, 0.3) is 0 Å². The van der Waals surface area contributed by atoms with Crippen molar-refractivity contribution in [1.82, 2.24) is 5.32 Å². The maximum Gasteiger partial charge on any atom is 0.306 e. The number of carbonyl (C=O) groups excluding carboxylic acids is 2. The van der Waals surface area contributed by atoms with Crippen molar-refractivity contribution in [3.63, 3.8) is 0 Å². The Morgan fingerprint density at radius 3 is 2.50 bits per heavy atom. The number of ether oxygens (including phenoxy) is 2. The molecule has 26 heavy (non-hydrogen) atoms. The van der Waals surface area contributed by atoms with Gasteiger partial charge >= 0.3 is 5.97 Å². The van der Waals surface area contributed by atoms with Crippen molar-refractivity contribution in [2.45, 2.75) is 32.4 Å². The minimum atomic E-state index is -0.861. The third kappa shape index (κ3) is 6.76. The molecule has 0 aromatic heterocycles. The van der Waals surface area contributed by atoms with Crippen LogP contribution in [0.15, 0.2) is 54.6 Å². The molecule has 0 saturated heterocycles. The fourth-order valence-corrected chi connectivity index (χ4v) is 2.40. The molecule has 0 fully saturated rings. The lowest BCUT2D eigenvalue weighted by Gasteiger charge is -2.14. The van der Waals surface area contributed by atoms with Gasteiger partial charge in [-0.05, 0) is 37.1 Å². The Bertz CT molecular complexity index is 721. The quantitative estimate of drug-likeness (QED) is 0.535. The van der Waals surface area contributed by atoms with Gasteiger partial charge in [0.1, 0.15) is 5.75 Å². The van der Waals surface area contributed by atoms with Gasteiger partial charge in [0.25, 0.3) is 5.91 Å². The van der Waals surface area contributed by atoms with Crippen LogP contribution in [0.3, 0.4) is 0 Å². The molecule has 0 saturated carbocycles. The summed E-state index contributed by atoms with van der Waals surface area (Å²) in [5, 5.41) is 3.29. The third-order valence-corrected chi connectivity index (χ3v) is 3.99. The first-order valence-corrected chi connectivity index (χ1v) is 8.82. The molecule has 0 unspecified atom stereocenters. The molecule has 0 aliphatic rings. The summed E-state index contributed by atoms with van der Waals surface area (Å²) < 4.78 is 10.7. The van der Waals surface area contributed by atoms with E-state index in [1.807, 2.05) is 48.5 Å². The van der Waals surface area contributed by atoms with Crippen LogP contribution in [-0.2, 0) is 20.9 Å². The topological polar surface area (TPSA) is 64.6 Å². The van der Waals surface area contributed by atoms with Crippen molar-refractivity contribution in [1.29, 1.82) is 0 Å². The van der Waals surface area contributed by atoms with Crippen molar-refractivity contribution in [2.24, 2.45) is 0 Å². The lowest BCUT2D eigenvalue weighted by molar-refractivity contribution is -0.155. The van der Waals surface area contributed by atoms with Crippen molar-refractivity contribution in [3.8, 4) is 5.75 Å².